The molecule has 2 aromatic carbocycles. The molecule has 0 saturated heterocycles. The van der Waals surface area contributed by atoms with E-state index in [0.29, 0.717) is 0 Å². The number of hydrogen-bond donors (Lipinski definition) is 0. The fraction of sp³-hybridized carbons (Fsp3) is 0.143. The Kier molecular flexibility index (Phi) is 5.66. The van der Waals surface area contributed by atoms with Gasteiger partial charge in [-0.2, -0.15) is 26.3 Å². The average Bonchev–Trinajstić information content (AvgIpc) is 2.38. The maximum Gasteiger partial charge on any atom is 0.416 e. The lowest BCUT2D eigenvalue weighted by molar-refractivity contribution is -0.138. The third kappa shape index (κ3) is 6.08. The molecule has 2 aromatic rings. The molecule has 7 heteroatoms. The van der Waals surface area contributed by atoms with Crippen molar-refractivity contribution in [2.75, 3.05) is 0 Å². The molecule has 0 radical (unpaired) electrons. The van der Waals surface area contributed by atoms with Crippen molar-refractivity contribution >= 4 is 11.6 Å². The lowest BCUT2D eigenvalue weighted by Crippen LogP contribution is -2.03. The Labute approximate surface area is 122 Å². The monoisotopic (exact) mass is 326 g/mol. The molecule has 0 unspecified atom stereocenters. The molecule has 0 N–H and O–H groups in total. The summed E-state index contributed by atoms with van der Waals surface area (Å²) in [7, 11) is 0. The van der Waals surface area contributed by atoms with Gasteiger partial charge in [0.1, 0.15) is 0 Å². The minimum absolute atomic E-state index is 0.0971. The van der Waals surface area contributed by atoms with Gasteiger partial charge in [0, 0.05) is 5.02 Å². The lowest BCUT2D eigenvalue weighted by atomic mass is 10.2. The van der Waals surface area contributed by atoms with Crippen LogP contribution in [-0.2, 0) is 12.4 Å². The first-order chi connectivity index (χ1) is 9.60. The molecule has 0 heterocycles. The van der Waals surface area contributed by atoms with Gasteiger partial charge in [-0.25, -0.2) is 0 Å². The van der Waals surface area contributed by atoms with Gasteiger partial charge in [-0.1, -0.05) is 48.0 Å². The number of hydrogen-bond acceptors (Lipinski definition) is 0. The van der Waals surface area contributed by atoms with Crippen molar-refractivity contribution in [1.29, 1.82) is 0 Å². The molecule has 0 saturated carbocycles. The topological polar surface area (TPSA) is 0 Å². The molecule has 0 amide bonds. The van der Waals surface area contributed by atoms with E-state index in [4.69, 9.17) is 11.6 Å². The van der Waals surface area contributed by atoms with Crippen LogP contribution in [0.4, 0.5) is 26.3 Å². The van der Waals surface area contributed by atoms with Gasteiger partial charge in [0.15, 0.2) is 0 Å². The van der Waals surface area contributed by atoms with Crippen molar-refractivity contribution in [2.45, 2.75) is 12.4 Å². The third-order valence-electron chi connectivity index (χ3n) is 2.25. The Hall–Kier alpha value is -1.69. The Morgan fingerprint density at radius 2 is 1.10 bits per heavy atom. The second kappa shape index (κ2) is 6.85. The number of alkyl halides is 6. The second-order valence-corrected chi connectivity index (χ2v) is 4.31. The van der Waals surface area contributed by atoms with E-state index in [2.05, 4.69) is 0 Å². The Bertz CT molecular complexity index is 560. The van der Waals surface area contributed by atoms with E-state index < -0.39 is 23.5 Å². The molecule has 0 aliphatic carbocycles. The fourth-order valence-corrected chi connectivity index (χ4v) is 1.48. The van der Waals surface area contributed by atoms with Crippen molar-refractivity contribution in [3.05, 3.63) is 70.7 Å². The summed E-state index contributed by atoms with van der Waals surface area (Å²) in [6.07, 6.45) is -8.51. The Morgan fingerprint density at radius 3 is 1.43 bits per heavy atom. The quantitative estimate of drug-likeness (QED) is 0.516. The molecular weight excluding hydrogens is 318 g/mol. The zero-order valence-corrected chi connectivity index (χ0v) is 11.1. The van der Waals surface area contributed by atoms with Crippen LogP contribution in [0.1, 0.15) is 11.1 Å². The summed E-state index contributed by atoms with van der Waals surface area (Å²) in [4.78, 5) is 0. The highest BCUT2D eigenvalue weighted by atomic mass is 35.5. The average molecular weight is 327 g/mol. The maximum absolute atomic E-state index is 11.9. The number of benzene rings is 2. The van der Waals surface area contributed by atoms with Gasteiger partial charge in [-0.3, -0.25) is 0 Å². The number of halogens is 7. The summed E-state index contributed by atoms with van der Waals surface area (Å²) >= 11 is 5.35. The minimum Gasteiger partial charge on any atom is -0.166 e. The van der Waals surface area contributed by atoms with Gasteiger partial charge >= 0.3 is 12.4 Å². The molecule has 0 spiro atoms. The van der Waals surface area contributed by atoms with Gasteiger partial charge in [0.25, 0.3) is 0 Å². The van der Waals surface area contributed by atoms with E-state index in [1.165, 1.54) is 24.3 Å². The molecular formula is C14H9ClF6. The standard InChI is InChI=1S/C7H4ClF3.C7H5F3/c8-6-3-1-2-5(4-6)7(9,10)11;8-7(9,10)6-4-2-1-3-5-6/h1-4H;1-5H. The fourth-order valence-electron chi connectivity index (χ4n) is 1.29. The summed E-state index contributed by atoms with van der Waals surface area (Å²) in [6, 6.07) is 10.9. The van der Waals surface area contributed by atoms with Gasteiger partial charge in [0.05, 0.1) is 11.1 Å². The largest absolute Gasteiger partial charge is 0.416 e. The highest BCUT2D eigenvalue weighted by Gasteiger charge is 2.30. The first-order valence-corrected chi connectivity index (χ1v) is 5.93. The van der Waals surface area contributed by atoms with E-state index >= 15 is 0 Å². The molecule has 0 atom stereocenters. The zero-order valence-electron chi connectivity index (χ0n) is 10.3. The van der Waals surface area contributed by atoms with Crippen LogP contribution in [0.2, 0.25) is 5.02 Å². The van der Waals surface area contributed by atoms with Gasteiger partial charge in [0.2, 0.25) is 0 Å². The summed E-state index contributed by atoms with van der Waals surface area (Å²) in [6.45, 7) is 0. The lowest BCUT2D eigenvalue weighted by Gasteiger charge is -2.05. The second-order valence-electron chi connectivity index (χ2n) is 3.87. The summed E-state index contributed by atoms with van der Waals surface area (Å²) in [5, 5.41) is 0.0971. The van der Waals surface area contributed by atoms with Crippen LogP contribution in [-0.4, -0.2) is 0 Å². The molecule has 0 aromatic heterocycles. The summed E-state index contributed by atoms with van der Waals surface area (Å²) in [5.74, 6) is 0. The van der Waals surface area contributed by atoms with E-state index in [0.717, 1.165) is 24.3 Å². The van der Waals surface area contributed by atoms with E-state index in [-0.39, 0.29) is 5.02 Å². The molecule has 0 fully saturated rings. The van der Waals surface area contributed by atoms with E-state index in [9.17, 15) is 26.3 Å². The SMILES string of the molecule is FC(F)(F)c1cccc(Cl)c1.FC(F)(F)c1ccccc1. The van der Waals surface area contributed by atoms with Crippen molar-refractivity contribution in [3.8, 4) is 0 Å². The van der Waals surface area contributed by atoms with Crippen molar-refractivity contribution < 1.29 is 26.3 Å². The predicted octanol–water partition coefficient (Wildman–Crippen LogP) is 6.06. The van der Waals surface area contributed by atoms with Gasteiger partial charge in [-0.05, 0) is 18.2 Å². The molecule has 114 valence electrons. The molecule has 0 aliphatic heterocycles. The van der Waals surface area contributed by atoms with Crippen LogP contribution in [0.25, 0.3) is 0 Å². The Balaban J connectivity index is 0.000000211. The highest BCUT2D eigenvalue weighted by molar-refractivity contribution is 6.30. The van der Waals surface area contributed by atoms with Crippen molar-refractivity contribution in [1.82, 2.24) is 0 Å². The molecule has 0 aliphatic rings. The molecule has 0 nitrogen and oxygen atoms in total. The summed E-state index contributed by atoms with van der Waals surface area (Å²) < 4.78 is 71.1. The van der Waals surface area contributed by atoms with Crippen molar-refractivity contribution in [2.24, 2.45) is 0 Å². The zero-order chi connectivity index (χ0) is 16.1. The first-order valence-electron chi connectivity index (χ1n) is 5.55. The smallest absolute Gasteiger partial charge is 0.166 e. The molecule has 0 bridgehead atoms. The maximum atomic E-state index is 11.9. The van der Waals surface area contributed by atoms with Crippen LogP contribution < -0.4 is 0 Å². The van der Waals surface area contributed by atoms with Crippen LogP contribution in [0.5, 0.6) is 0 Å². The third-order valence-corrected chi connectivity index (χ3v) is 2.49. The van der Waals surface area contributed by atoms with Gasteiger partial charge < -0.3 is 0 Å². The highest BCUT2D eigenvalue weighted by Crippen LogP contribution is 2.30. The Morgan fingerprint density at radius 1 is 0.619 bits per heavy atom. The normalized spacial score (nSPS) is 11.6. The van der Waals surface area contributed by atoms with Crippen LogP contribution in [0.3, 0.4) is 0 Å². The van der Waals surface area contributed by atoms with Crippen LogP contribution in [0, 0.1) is 0 Å². The van der Waals surface area contributed by atoms with Crippen LogP contribution >= 0.6 is 11.6 Å². The first kappa shape index (κ1) is 17.4. The minimum atomic E-state index is -4.30. The van der Waals surface area contributed by atoms with Crippen LogP contribution in [0.15, 0.2) is 54.6 Å². The number of rotatable bonds is 0. The van der Waals surface area contributed by atoms with E-state index in [1.54, 1.807) is 6.07 Å². The molecule has 2 rings (SSSR count). The van der Waals surface area contributed by atoms with E-state index in [1.807, 2.05) is 0 Å². The van der Waals surface area contributed by atoms with Crippen molar-refractivity contribution in [3.63, 3.8) is 0 Å². The molecule has 21 heavy (non-hydrogen) atoms. The van der Waals surface area contributed by atoms with Gasteiger partial charge in [-0.15, -0.1) is 0 Å². The summed E-state index contributed by atoms with van der Waals surface area (Å²) in [5.41, 5.74) is -1.32. The predicted molar refractivity (Wildman–Crippen MR) is 67.9 cm³/mol.